The maximum atomic E-state index is 14.0. The number of halogens is 2. The van der Waals surface area contributed by atoms with E-state index in [1.165, 1.54) is 6.07 Å². The number of nitrogens with one attached hydrogen (secondary N) is 1. The Balaban J connectivity index is 2.55. The molecule has 2 aromatic rings. The summed E-state index contributed by atoms with van der Waals surface area (Å²) in [4.78, 5) is 0. The van der Waals surface area contributed by atoms with Gasteiger partial charge in [0.25, 0.3) is 0 Å². The van der Waals surface area contributed by atoms with Gasteiger partial charge in [-0.1, -0.05) is 18.2 Å². The summed E-state index contributed by atoms with van der Waals surface area (Å²) >= 11 is 3.50. The van der Waals surface area contributed by atoms with E-state index >= 15 is 0 Å². The molecule has 1 aromatic carbocycles. The minimum absolute atomic E-state index is 0.212. The summed E-state index contributed by atoms with van der Waals surface area (Å²) < 4.78 is 16.8. The van der Waals surface area contributed by atoms with Crippen LogP contribution in [0.25, 0.3) is 0 Å². The monoisotopic (exact) mass is 325 g/mol. The molecule has 102 valence electrons. The summed E-state index contributed by atoms with van der Waals surface area (Å²) in [5, 5.41) is 7.51. The molecule has 0 aliphatic carbocycles. The number of aromatic nitrogens is 2. The number of hydrogen-bond donors (Lipinski definition) is 1. The molecule has 1 heterocycles. The van der Waals surface area contributed by atoms with E-state index in [0.29, 0.717) is 5.56 Å². The van der Waals surface area contributed by atoms with Gasteiger partial charge in [-0.25, -0.2) is 4.39 Å². The average molecular weight is 326 g/mol. The van der Waals surface area contributed by atoms with E-state index < -0.39 is 0 Å². The molecule has 0 saturated carbocycles. The van der Waals surface area contributed by atoms with Gasteiger partial charge in [-0.2, -0.15) is 5.10 Å². The zero-order valence-electron chi connectivity index (χ0n) is 11.2. The summed E-state index contributed by atoms with van der Waals surface area (Å²) in [6.45, 7) is 4.11. The van der Waals surface area contributed by atoms with Gasteiger partial charge in [0.2, 0.25) is 0 Å². The Morgan fingerprint density at radius 1 is 1.32 bits per heavy atom. The molecule has 1 aromatic heterocycles. The topological polar surface area (TPSA) is 29.9 Å². The van der Waals surface area contributed by atoms with Gasteiger partial charge in [0, 0.05) is 11.6 Å². The molecule has 0 aliphatic rings. The van der Waals surface area contributed by atoms with Crippen molar-refractivity contribution in [3.63, 3.8) is 0 Å². The van der Waals surface area contributed by atoms with Crippen molar-refractivity contribution in [1.29, 1.82) is 0 Å². The van der Waals surface area contributed by atoms with E-state index in [2.05, 4.69) is 40.2 Å². The molecule has 0 aliphatic heterocycles. The second-order valence-electron chi connectivity index (χ2n) is 4.66. The summed E-state index contributed by atoms with van der Waals surface area (Å²) in [6, 6.07) is 6.78. The number of hydrogen-bond acceptors (Lipinski definition) is 2. The van der Waals surface area contributed by atoms with Crippen molar-refractivity contribution in [2.24, 2.45) is 0 Å². The minimum atomic E-state index is -0.236. The molecule has 1 N–H and O–H groups in total. The third-order valence-corrected chi connectivity index (χ3v) is 3.67. The number of nitrogens with zero attached hydrogens (tertiary/aromatic N) is 2. The van der Waals surface area contributed by atoms with Gasteiger partial charge in [-0.3, -0.25) is 4.68 Å². The molecule has 0 spiro atoms. The standard InChI is InChI=1S/C14H17BrFN3/c1-9(2)19-14(11(15)8-18-19)13(17-3)10-6-4-5-7-12(10)16/h4-9,13,17H,1-3H3. The van der Waals surface area contributed by atoms with Crippen LogP contribution in [0.4, 0.5) is 4.39 Å². The lowest BCUT2D eigenvalue weighted by molar-refractivity contribution is 0.475. The third-order valence-electron chi connectivity index (χ3n) is 3.05. The first-order valence-electron chi connectivity index (χ1n) is 6.20. The highest BCUT2D eigenvalue weighted by Crippen LogP contribution is 2.31. The van der Waals surface area contributed by atoms with Crippen LogP contribution in [0.1, 0.15) is 37.2 Å². The van der Waals surface area contributed by atoms with Gasteiger partial charge in [-0.05, 0) is 42.9 Å². The Bertz CT molecular complexity index is 566. The lowest BCUT2D eigenvalue weighted by Gasteiger charge is -2.21. The Hall–Kier alpha value is -1.20. The quantitative estimate of drug-likeness (QED) is 0.929. The summed E-state index contributed by atoms with van der Waals surface area (Å²) in [7, 11) is 1.82. The van der Waals surface area contributed by atoms with E-state index in [-0.39, 0.29) is 17.9 Å². The van der Waals surface area contributed by atoms with Crippen molar-refractivity contribution in [2.75, 3.05) is 7.05 Å². The highest BCUT2D eigenvalue weighted by Gasteiger charge is 2.23. The maximum Gasteiger partial charge on any atom is 0.128 e. The van der Waals surface area contributed by atoms with Crippen LogP contribution in [0.2, 0.25) is 0 Å². The van der Waals surface area contributed by atoms with Crippen LogP contribution in [-0.4, -0.2) is 16.8 Å². The van der Waals surface area contributed by atoms with Crippen LogP contribution in [0.3, 0.4) is 0 Å². The van der Waals surface area contributed by atoms with E-state index in [4.69, 9.17) is 0 Å². The SMILES string of the molecule is CNC(c1ccccc1F)c1c(Br)cnn1C(C)C. The van der Waals surface area contributed by atoms with Gasteiger partial charge in [0.15, 0.2) is 0 Å². The van der Waals surface area contributed by atoms with E-state index in [9.17, 15) is 4.39 Å². The molecular weight excluding hydrogens is 309 g/mol. The molecule has 2 rings (SSSR count). The summed E-state index contributed by atoms with van der Waals surface area (Å²) in [6.07, 6.45) is 1.75. The van der Waals surface area contributed by atoms with Crippen LogP contribution < -0.4 is 5.32 Å². The Labute approximate surface area is 121 Å². The molecule has 0 saturated heterocycles. The van der Waals surface area contributed by atoms with E-state index in [1.54, 1.807) is 18.3 Å². The van der Waals surface area contributed by atoms with Gasteiger partial charge >= 0.3 is 0 Å². The van der Waals surface area contributed by atoms with Crippen LogP contribution in [-0.2, 0) is 0 Å². The first kappa shape index (κ1) is 14.2. The Kier molecular flexibility index (Phi) is 4.37. The molecular formula is C14H17BrFN3. The van der Waals surface area contributed by atoms with Crippen LogP contribution >= 0.6 is 15.9 Å². The fourth-order valence-corrected chi connectivity index (χ4v) is 2.68. The molecule has 0 bridgehead atoms. The average Bonchev–Trinajstić information content (AvgIpc) is 2.75. The van der Waals surface area contributed by atoms with Gasteiger partial charge in [0.05, 0.1) is 22.4 Å². The molecule has 19 heavy (non-hydrogen) atoms. The lowest BCUT2D eigenvalue weighted by Crippen LogP contribution is -2.23. The van der Waals surface area contributed by atoms with Gasteiger partial charge < -0.3 is 5.32 Å². The van der Waals surface area contributed by atoms with Crippen LogP contribution in [0.5, 0.6) is 0 Å². The molecule has 5 heteroatoms. The van der Waals surface area contributed by atoms with Crippen LogP contribution in [0.15, 0.2) is 34.9 Å². The first-order valence-corrected chi connectivity index (χ1v) is 7.00. The largest absolute Gasteiger partial charge is 0.308 e. The summed E-state index contributed by atoms with van der Waals surface area (Å²) in [5.74, 6) is -0.217. The predicted molar refractivity (Wildman–Crippen MR) is 77.6 cm³/mol. The smallest absolute Gasteiger partial charge is 0.128 e. The van der Waals surface area contributed by atoms with Gasteiger partial charge in [0.1, 0.15) is 5.82 Å². The maximum absolute atomic E-state index is 14.0. The second-order valence-corrected chi connectivity index (χ2v) is 5.51. The third kappa shape index (κ3) is 2.72. The predicted octanol–water partition coefficient (Wildman–Crippen LogP) is 3.67. The van der Waals surface area contributed by atoms with Crippen LogP contribution in [0, 0.1) is 5.82 Å². The Morgan fingerprint density at radius 3 is 2.58 bits per heavy atom. The van der Waals surface area contributed by atoms with Crippen molar-refractivity contribution >= 4 is 15.9 Å². The molecule has 0 radical (unpaired) electrons. The summed E-state index contributed by atoms with van der Waals surface area (Å²) in [5.41, 5.74) is 1.55. The van der Waals surface area contributed by atoms with Crippen molar-refractivity contribution in [3.8, 4) is 0 Å². The fourth-order valence-electron chi connectivity index (χ4n) is 2.18. The minimum Gasteiger partial charge on any atom is -0.308 e. The van der Waals surface area contributed by atoms with Crippen molar-refractivity contribution in [2.45, 2.75) is 25.9 Å². The van der Waals surface area contributed by atoms with Crippen molar-refractivity contribution < 1.29 is 4.39 Å². The Morgan fingerprint density at radius 2 is 2.00 bits per heavy atom. The molecule has 0 fully saturated rings. The second kappa shape index (κ2) is 5.84. The molecule has 0 amide bonds. The highest BCUT2D eigenvalue weighted by molar-refractivity contribution is 9.10. The van der Waals surface area contributed by atoms with E-state index in [0.717, 1.165) is 10.2 Å². The van der Waals surface area contributed by atoms with Crippen molar-refractivity contribution in [1.82, 2.24) is 15.1 Å². The zero-order chi connectivity index (χ0) is 14.0. The zero-order valence-corrected chi connectivity index (χ0v) is 12.8. The number of benzene rings is 1. The number of rotatable bonds is 4. The van der Waals surface area contributed by atoms with Gasteiger partial charge in [-0.15, -0.1) is 0 Å². The molecule has 3 nitrogen and oxygen atoms in total. The molecule has 1 atom stereocenters. The van der Waals surface area contributed by atoms with Crippen molar-refractivity contribution in [3.05, 3.63) is 52.0 Å². The molecule has 1 unspecified atom stereocenters. The van der Waals surface area contributed by atoms with E-state index in [1.807, 2.05) is 17.8 Å². The lowest BCUT2D eigenvalue weighted by atomic mass is 10.0. The first-order chi connectivity index (χ1) is 9.06. The highest BCUT2D eigenvalue weighted by atomic mass is 79.9. The normalized spacial score (nSPS) is 12.9. The fraction of sp³-hybridized carbons (Fsp3) is 0.357.